The standard InChI is InChI=1S/C17H19ClN2O2/c1-22-14-4-2-3-12-13(14)7-15(18)19-16(12)20-8-11-5-6-17(11,9-20)10-21/h2-4,7,11,21H,5-6,8-10H2,1H3/t11-,17+/m0/s1. The summed E-state index contributed by atoms with van der Waals surface area (Å²) in [4.78, 5) is 6.85. The fourth-order valence-electron chi connectivity index (χ4n) is 4.00. The predicted octanol–water partition coefficient (Wildman–Crippen LogP) is 3.11. The Morgan fingerprint density at radius 1 is 1.45 bits per heavy atom. The van der Waals surface area contributed by atoms with Gasteiger partial charge in [0, 0.05) is 29.3 Å². The normalized spacial score (nSPS) is 26.9. The first-order chi connectivity index (χ1) is 10.7. The van der Waals surface area contributed by atoms with Crippen molar-refractivity contribution in [3.8, 4) is 5.75 Å². The molecule has 0 spiro atoms. The van der Waals surface area contributed by atoms with Gasteiger partial charge in [-0.2, -0.15) is 0 Å². The highest BCUT2D eigenvalue weighted by atomic mass is 35.5. The first kappa shape index (κ1) is 14.1. The second kappa shape index (κ2) is 5.00. The number of aliphatic hydroxyl groups is 1. The summed E-state index contributed by atoms with van der Waals surface area (Å²) in [5.74, 6) is 2.28. The third-order valence-electron chi connectivity index (χ3n) is 5.42. The van der Waals surface area contributed by atoms with E-state index in [0.717, 1.165) is 41.9 Å². The molecule has 5 heteroatoms. The maximum Gasteiger partial charge on any atom is 0.138 e. The summed E-state index contributed by atoms with van der Waals surface area (Å²) in [5.41, 5.74) is 0.0647. The molecular weight excluding hydrogens is 300 g/mol. The van der Waals surface area contributed by atoms with E-state index in [4.69, 9.17) is 16.3 Å². The molecule has 2 atom stereocenters. The molecule has 1 aliphatic heterocycles. The van der Waals surface area contributed by atoms with Crippen molar-refractivity contribution in [3.05, 3.63) is 29.4 Å². The zero-order valence-corrected chi connectivity index (χ0v) is 13.3. The Kier molecular flexibility index (Phi) is 3.20. The largest absolute Gasteiger partial charge is 0.496 e. The summed E-state index contributed by atoms with van der Waals surface area (Å²) in [6.45, 7) is 2.06. The van der Waals surface area contributed by atoms with Gasteiger partial charge in [0.05, 0.1) is 13.7 Å². The fraction of sp³-hybridized carbons (Fsp3) is 0.471. The molecule has 0 amide bonds. The van der Waals surface area contributed by atoms with Crippen LogP contribution in [-0.2, 0) is 0 Å². The number of fused-ring (bicyclic) bond motifs is 2. The van der Waals surface area contributed by atoms with E-state index >= 15 is 0 Å². The molecule has 1 saturated heterocycles. The maximum atomic E-state index is 9.77. The molecule has 116 valence electrons. The lowest BCUT2D eigenvalue weighted by atomic mass is 9.63. The number of methoxy groups -OCH3 is 1. The summed E-state index contributed by atoms with van der Waals surface area (Å²) in [5, 5.41) is 12.3. The molecule has 2 aliphatic rings. The fourth-order valence-corrected chi connectivity index (χ4v) is 4.19. The van der Waals surface area contributed by atoms with E-state index in [1.54, 1.807) is 7.11 Å². The number of aromatic nitrogens is 1. The number of rotatable bonds is 3. The Morgan fingerprint density at radius 3 is 2.95 bits per heavy atom. The summed E-state index contributed by atoms with van der Waals surface area (Å²) in [6.07, 6.45) is 2.30. The Balaban J connectivity index is 1.82. The third-order valence-corrected chi connectivity index (χ3v) is 5.61. The Morgan fingerprint density at radius 2 is 2.32 bits per heavy atom. The summed E-state index contributed by atoms with van der Waals surface area (Å²) >= 11 is 6.25. The lowest BCUT2D eigenvalue weighted by Gasteiger charge is -2.42. The van der Waals surface area contributed by atoms with Gasteiger partial charge < -0.3 is 14.7 Å². The number of halogens is 1. The second-order valence-electron chi connectivity index (χ2n) is 6.46. The van der Waals surface area contributed by atoms with E-state index in [-0.39, 0.29) is 12.0 Å². The number of nitrogens with zero attached hydrogens (tertiary/aromatic N) is 2. The number of anilines is 1. The van der Waals surface area contributed by atoms with Gasteiger partial charge in [-0.3, -0.25) is 0 Å². The minimum absolute atomic E-state index is 0.0647. The van der Waals surface area contributed by atoms with E-state index in [1.165, 1.54) is 6.42 Å². The zero-order valence-electron chi connectivity index (χ0n) is 12.6. The minimum Gasteiger partial charge on any atom is -0.496 e. The monoisotopic (exact) mass is 318 g/mol. The van der Waals surface area contributed by atoms with Gasteiger partial charge in [0.15, 0.2) is 0 Å². The van der Waals surface area contributed by atoms with E-state index < -0.39 is 0 Å². The van der Waals surface area contributed by atoms with Crippen LogP contribution in [0.2, 0.25) is 5.15 Å². The smallest absolute Gasteiger partial charge is 0.138 e. The van der Waals surface area contributed by atoms with Crippen molar-refractivity contribution in [3.63, 3.8) is 0 Å². The summed E-state index contributed by atoms with van der Waals surface area (Å²) in [6, 6.07) is 7.83. The van der Waals surface area contributed by atoms with E-state index in [1.807, 2.05) is 18.2 Å². The van der Waals surface area contributed by atoms with E-state index in [0.29, 0.717) is 11.1 Å². The summed E-state index contributed by atoms with van der Waals surface area (Å²) < 4.78 is 5.45. The average molecular weight is 319 g/mol. The molecule has 2 heterocycles. The van der Waals surface area contributed by atoms with Crippen LogP contribution < -0.4 is 9.64 Å². The quantitative estimate of drug-likeness (QED) is 0.883. The van der Waals surface area contributed by atoms with Crippen LogP contribution in [0.1, 0.15) is 12.8 Å². The van der Waals surface area contributed by atoms with Gasteiger partial charge in [-0.1, -0.05) is 23.7 Å². The highest BCUT2D eigenvalue weighted by Gasteiger charge is 2.52. The lowest BCUT2D eigenvalue weighted by molar-refractivity contribution is 0.0159. The van der Waals surface area contributed by atoms with Gasteiger partial charge >= 0.3 is 0 Å². The van der Waals surface area contributed by atoms with Gasteiger partial charge in [-0.25, -0.2) is 4.98 Å². The van der Waals surface area contributed by atoms with Crippen LogP contribution in [0.5, 0.6) is 5.75 Å². The number of aliphatic hydroxyl groups excluding tert-OH is 1. The minimum atomic E-state index is 0.0647. The van der Waals surface area contributed by atoms with Crippen molar-refractivity contribution in [2.75, 3.05) is 31.7 Å². The van der Waals surface area contributed by atoms with Gasteiger partial charge in [0.2, 0.25) is 0 Å². The van der Waals surface area contributed by atoms with Gasteiger partial charge in [-0.05, 0) is 30.9 Å². The van der Waals surface area contributed by atoms with Crippen LogP contribution in [0, 0.1) is 11.3 Å². The van der Waals surface area contributed by atoms with Crippen molar-refractivity contribution in [1.82, 2.24) is 4.98 Å². The van der Waals surface area contributed by atoms with Crippen LogP contribution in [0.15, 0.2) is 24.3 Å². The van der Waals surface area contributed by atoms with E-state index in [9.17, 15) is 5.11 Å². The molecule has 1 saturated carbocycles. The SMILES string of the molecule is COc1cccc2c(N3C[C@@H]4CC[C@]4(CO)C3)nc(Cl)cc12. The number of hydrogen-bond acceptors (Lipinski definition) is 4. The molecular formula is C17H19ClN2O2. The Bertz CT molecular complexity index is 732. The maximum absolute atomic E-state index is 9.77. The van der Waals surface area contributed by atoms with Crippen LogP contribution >= 0.6 is 11.6 Å². The Hall–Kier alpha value is -1.52. The predicted molar refractivity (Wildman–Crippen MR) is 87.8 cm³/mol. The van der Waals surface area contributed by atoms with Crippen molar-refractivity contribution >= 4 is 28.2 Å². The molecule has 2 fully saturated rings. The van der Waals surface area contributed by atoms with Gasteiger partial charge in [-0.15, -0.1) is 0 Å². The Labute approximate surface area is 134 Å². The van der Waals surface area contributed by atoms with Crippen molar-refractivity contribution in [1.29, 1.82) is 0 Å². The van der Waals surface area contributed by atoms with Crippen LogP contribution in [0.3, 0.4) is 0 Å². The molecule has 4 rings (SSSR count). The highest BCUT2D eigenvalue weighted by Crippen LogP contribution is 2.52. The van der Waals surface area contributed by atoms with Gasteiger partial charge in [0.1, 0.15) is 16.7 Å². The summed E-state index contributed by atoms with van der Waals surface area (Å²) in [7, 11) is 1.67. The molecule has 1 aromatic heterocycles. The van der Waals surface area contributed by atoms with Crippen molar-refractivity contribution < 1.29 is 9.84 Å². The number of pyridine rings is 1. The molecule has 22 heavy (non-hydrogen) atoms. The average Bonchev–Trinajstić information content (AvgIpc) is 2.77. The molecule has 1 aromatic carbocycles. The molecule has 4 nitrogen and oxygen atoms in total. The van der Waals surface area contributed by atoms with Crippen LogP contribution in [0.25, 0.3) is 10.8 Å². The molecule has 2 aromatic rings. The molecule has 0 radical (unpaired) electrons. The topological polar surface area (TPSA) is 45.6 Å². The first-order valence-corrected chi connectivity index (χ1v) is 8.04. The molecule has 1 N–H and O–H groups in total. The van der Waals surface area contributed by atoms with Crippen molar-refractivity contribution in [2.24, 2.45) is 11.3 Å². The number of ether oxygens (including phenoxy) is 1. The molecule has 0 bridgehead atoms. The van der Waals surface area contributed by atoms with Gasteiger partial charge in [0.25, 0.3) is 0 Å². The number of hydrogen-bond donors (Lipinski definition) is 1. The highest BCUT2D eigenvalue weighted by molar-refractivity contribution is 6.30. The third kappa shape index (κ3) is 1.90. The molecule has 1 aliphatic carbocycles. The van der Waals surface area contributed by atoms with E-state index in [2.05, 4.69) is 16.0 Å². The number of benzene rings is 1. The lowest BCUT2D eigenvalue weighted by Crippen LogP contribution is -2.42. The zero-order chi connectivity index (χ0) is 15.3. The second-order valence-corrected chi connectivity index (χ2v) is 6.85. The van der Waals surface area contributed by atoms with Crippen LogP contribution in [-0.4, -0.2) is 36.9 Å². The van der Waals surface area contributed by atoms with Crippen LogP contribution in [0.4, 0.5) is 5.82 Å². The van der Waals surface area contributed by atoms with Crippen molar-refractivity contribution in [2.45, 2.75) is 12.8 Å². The first-order valence-electron chi connectivity index (χ1n) is 7.66. The molecule has 0 unspecified atom stereocenters.